The first kappa shape index (κ1) is 10.5. The number of terminal acetylenes is 1. The van der Waals surface area contributed by atoms with Crippen LogP contribution in [0.3, 0.4) is 0 Å². The SMILES string of the molecule is C#CCCSc1ccc(Br)cc1N. The van der Waals surface area contributed by atoms with E-state index in [0.29, 0.717) is 0 Å². The molecule has 0 heterocycles. The largest absolute Gasteiger partial charge is 0.398 e. The van der Waals surface area contributed by atoms with E-state index in [2.05, 4.69) is 21.9 Å². The predicted octanol–water partition coefficient (Wildman–Crippen LogP) is 3.15. The van der Waals surface area contributed by atoms with Gasteiger partial charge in [-0.05, 0) is 18.2 Å². The van der Waals surface area contributed by atoms with Crippen molar-refractivity contribution in [2.45, 2.75) is 11.3 Å². The molecule has 0 saturated heterocycles. The summed E-state index contributed by atoms with van der Waals surface area (Å²) in [6, 6.07) is 5.88. The van der Waals surface area contributed by atoms with Crippen molar-refractivity contribution in [1.82, 2.24) is 0 Å². The summed E-state index contributed by atoms with van der Waals surface area (Å²) in [6.07, 6.45) is 5.93. The zero-order valence-corrected chi connectivity index (χ0v) is 9.49. The molecule has 1 aromatic carbocycles. The Morgan fingerprint density at radius 3 is 2.92 bits per heavy atom. The molecule has 0 amide bonds. The molecule has 1 rings (SSSR count). The van der Waals surface area contributed by atoms with E-state index in [0.717, 1.165) is 27.2 Å². The van der Waals surface area contributed by atoms with Crippen molar-refractivity contribution in [1.29, 1.82) is 0 Å². The Kier molecular flexibility index (Phi) is 4.20. The van der Waals surface area contributed by atoms with Crippen LogP contribution >= 0.6 is 27.7 Å². The maximum absolute atomic E-state index is 5.80. The highest BCUT2D eigenvalue weighted by Crippen LogP contribution is 2.27. The van der Waals surface area contributed by atoms with Crippen molar-refractivity contribution in [2.24, 2.45) is 0 Å². The third kappa shape index (κ3) is 3.33. The van der Waals surface area contributed by atoms with Crippen molar-refractivity contribution < 1.29 is 0 Å². The van der Waals surface area contributed by atoms with E-state index in [1.165, 1.54) is 0 Å². The first-order valence-electron chi connectivity index (χ1n) is 3.85. The van der Waals surface area contributed by atoms with Crippen LogP contribution in [-0.4, -0.2) is 5.75 Å². The number of rotatable bonds is 3. The number of hydrogen-bond acceptors (Lipinski definition) is 2. The lowest BCUT2D eigenvalue weighted by Crippen LogP contribution is -1.88. The lowest BCUT2D eigenvalue weighted by Gasteiger charge is -2.03. The summed E-state index contributed by atoms with van der Waals surface area (Å²) in [5.41, 5.74) is 6.60. The summed E-state index contributed by atoms with van der Waals surface area (Å²) in [5.74, 6) is 3.52. The fourth-order valence-electron chi connectivity index (χ4n) is 0.871. The van der Waals surface area contributed by atoms with Gasteiger partial charge < -0.3 is 5.73 Å². The minimum absolute atomic E-state index is 0.778. The minimum atomic E-state index is 0.778. The van der Waals surface area contributed by atoms with Gasteiger partial charge in [0.15, 0.2) is 0 Å². The third-order valence-electron chi connectivity index (χ3n) is 1.48. The molecule has 0 aliphatic carbocycles. The zero-order valence-electron chi connectivity index (χ0n) is 7.09. The molecule has 0 aliphatic rings. The van der Waals surface area contributed by atoms with Crippen LogP contribution in [0, 0.1) is 12.3 Å². The molecule has 1 nitrogen and oxygen atoms in total. The van der Waals surface area contributed by atoms with Gasteiger partial charge in [0.1, 0.15) is 0 Å². The highest BCUT2D eigenvalue weighted by molar-refractivity contribution is 9.10. The maximum Gasteiger partial charge on any atom is 0.0463 e. The standard InChI is InChI=1S/C10H10BrNS/c1-2-3-6-13-10-5-4-8(11)7-9(10)12/h1,4-5,7H,3,6,12H2. The van der Waals surface area contributed by atoms with Crippen LogP contribution in [0.4, 0.5) is 5.69 Å². The maximum atomic E-state index is 5.80. The third-order valence-corrected chi connectivity index (χ3v) is 3.06. The number of thioether (sulfide) groups is 1. The second-order valence-electron chi connectivity index (χ2n) is 2.48. The topological polar surface area (TPSA) is 26.0 Å². The zero-order chi connectivity index (χ0) is 9.68. The fourth-order valence-corrected chi connectivity index (χ4v) is 2.08. The summed E-state index contributed by atoms with van der Waals surface area (Å²) in [6.45, 7) is 0. The molecule has 2 N–H and O–H groups in total. The molecule has 0 radical (unpaired) electrons. The minimum Gasteiger partial charge on any atom is -0.398 e. The number of hydrogen-bond donors (Lipinski definition) is 1. The van der Waals surface area contributed by atoms with Gasteiger partial charge in [-0.1, -0.05) is 15.9 Å². The number of anilines is 1. The first-order chi connectivity index (χ1) is 6.24. The van der Waals surface area contributed by atoms with Gasteiger partial charge in [-0.15, -0.1) is 24.1 Å². The van der Waals surface area contributed by atoms with Gasteiger partial charge in [-0.2, -0.15) is 0 Å². The number of nitrogen functional groups attached to an aromatic ring is 1. The molecule has 68 valence electrons. The molecule has 1 aromatic rings. The Hall–Kier alpha value is -0.590. The Morgan fingerprint density at radius 2 is 2.31 bits per heavy atom. The quantitative estimate of drug-likeness (QED) is 0.389. The summed E-state index contributed by atoms with van der Waals surface area (Å²) in [7, 11) is 0. The Bertz CT molecular complexity index is 330. The summed E-state index contributed by atoms with van der Waals surface area (Å²) >= 11 is 5.05. The van der Waals surface area contributed by atoms with Crippen molar-refractivity contribution >= 4 is 33.4 Å². The Morgan fingerprint density at radius 1 is 1.54 bits per heavy atom. The van der Waals surface area contributed by atoms with E-state index in [-0.39, 0.29) is 0 Å². The van der Waals surface area contributed by atoms with Crippen LogP contribution in [0.1, 0.15) is 6.42 Å². The second kappa shape index (κ2) is 5.21. The van der Waals surface area contributed by atoms with Gasteiger partial charge in [0.25, 0.3) is 0 Å². The highest BCUT2D eigenvalue weighted by Gasteiger charge is 1.99. The van der Waals surface area contributed by atoms with Crippen LogP contribution in [0.25, 0.3) is 0 Å². The lowest BCUT2D eigenvalue weighted by atomic mass is 10.3. The van der Waals surface area contributed by atoms with Crippen molar-refractivity contribution in [3.8, 4) is 12.3 Å². The lowest BCUT2D eigenvalue weighted by molar-refractivity contribution is 1.29. The predicted molar refractivity (Wildman–Crippen MR) is 62.7 cm³/mol. The molecule has 0 spiro atoms. The molecule has 0 atom stereocenters. The van der Waals surface area contributed by atoms with Gasteiger partial charge in [0.2, 0.25) is 0 Å². The monoisotopic (exact) mass is 255 g/mol. The van der Waals surface area contributed by atoms with E-state index in [9.17, 15) is 0 Å². The summed E-state index contributed by atoms with van der Waals surface area (Å²) in [4.78, 5) is 1.10. The summed E-state index contributed by atoms with van der Waals surface area (Å²) in [5, 5.41) is 0. The van der Waals surface area contributed by atoms with Crippen LogP contribution < -0.4 is 5.73 Å². The molecule has 13 heavy (non-hydrogen) atoms. The average Bonchev–Trinajstić information content (AvgIpc) is 2.09. The van der Waals surface area contributed by atoms with Crippen molar-refractivity contribution in [3.05, 3.63) is 22.7 Å². The van der Waals surface area contributed by atoms with E-state index in [1.54, 1.807) is 11.8 Å². The molecule has 0 aliphatic heterocycles. The molecule has 0 bridgehead atoms. The first-order valence-corrected chi connectivity index (χ1v) is 5.63. The highest BCUT2D eigenvalue weighted by atomic mass is 79.9. The number of benzene rings is 1. The smallest absolute Gasteiger partial charge is 0.0463 e. The summed E-state index contributed by atoms with van der Waals surface area (Å²) < 4.78 is 1.01. The molecule has 0 fully saturated rings. The van der Waals surface area contributed by atoms with E-state index < -0.39 is 0 Å². The van der Waals surface area contributed by atoms with Crippen LogP contribution in [-0.2, 0) is 0 Å². The van der Waals surface area contributed by atoms with E-state index in [4.69, 9.17) is 12.2 Å². The van der Waals surface area contributed by atoms with Crippen molar-refractivity contribution in [3.63, 3.8) is 0 Å². The fraction of sp³-hybridized carbons (Fsp3) is 0.200. The van der Waals surface area contributed by atoms with Gasteiger partial charge in [-0.3, -0.25) is 0 Å². The van der Waals surface area contributed by atoms with Crippen LogP contribution in [0.2, 0.25) is 0 Å². The molecule has 0 unspecified atom stereocenters. The van der Waals surface area contributed by atoms with Gasteiger partial charge in [0.05, 0.1) is 0 Å². The van der Waals surface area contributed by atoms with Crippen LogP contribution in [0.15, 0.2) is 27.6 Å². The average molecular weight is 256 g/mol. The van der Waals surface area contributed by atoms with E-state index >= 15 is 0 Å². The van der Waals surface area contributed by atoms with E-state index in [1.807, 2.05) is 18.2 Å². The van der Waals surface area contributed by atoms with Gasteiger partial charge in [-0.25, -0.2) is 0 Å². The molecule has 0 saturated carbocycles. The Labute approximate surface area is 91.2 Å². The Balaban J connectivity index is 2.62. The van der Waals surface area contributed by atoms with Crippen LogP contribution in [0.5, 0.6) is 0 Å². The van der Waals surface area contributed by atoms with Gasteiger partial charge in [0, 0.05) is 27.2 Å². The normalized spacial score (nSPS) is 9.54. The molecular formula is C10H10BrNS. The molecular weight excluding hydrogens is 246 g/mol. The van der Waals surface area contributed by atoms with Gasteiger partial charge >= 0.3 is 0 Å². The number of nitrogens with two attached hydrogens (primary N) is 1. The second-order valence-corrected chi connectivity index (χ2v) is 4.54. The van der Waals surface area contributed by atoms with Crippen molar-refractivity contribution in [2.75, 3.05) is 11.5 Å². The molecule has 3 heteroatoms. The molecule has 0 aromatic heterocycles. The number of halogens is 1.